The van der Waals surface area contributed by atoms with Crippen LogP contribution in [0.15, 0.2) is 16.6 Å². The minimum Gasteiger partial charge on any atom is -0.507 e. The number of phenols is 1. The molecule has 0 radical (unpaired) electrons. The second-order valence-electron chi connectivity index (χ2n) is 2.53. The maximum atomic E-state index is 13.2. The van der Waals surface area contributed by atoms with Gasteiger partial charge in [-0.1, -0.05) is 0 Å². The molecule has 76 valence electrons. The number of hydrogen-bond donors (Lipinski definition) is 3. The van der Waals surface area contributed by atoms with Gasteiger partial charge in [0.1, 0.15) is 11.6 Å². The van der Waals surface area contributed by atoms with Crippen LogP contribution in [0.2, 0.25) is 0 Å². The van der Waals surface area contributed by atoms with Gasteiger partial charge in [0.05, 0.1) is 10.0 Å². The Morgan fingerprint density at radius 1 is 1.50 bits per heavy atom. The highest BCUT2D eigenvalue weighted by molar-refractivity contribution is 9.10. The predicted molar refractivity (Wildman–Crippen MR) is 48.4 cm³/mol. The van der Waals surface area contributed by atoms with E-state index >= 15 is 0 Å². The fourth-order valence-corrected chi connectivity index (χ4v) is 1.29. The van der Waals surface area contributed by atoms with E-state index in [0.717, 1.165) is 6.07 Å². The molecule has 0 aromatic heterocycles. The summed E-state index contributed by atoms with van der Waals surface area (Å²) in [6, 6.07) is 2.30. The smallest absolute Gasteiger partial charge is 0.337 e. The Balaban J connectivity index is 3.32. The standard InChI is InChI=1S/C8H6BrFO4/c9-3-1-2-4(11)5(6(3)10)7(12)8(13)14/h1-2,7,11-12H,(H,13,14). The van der Waals surface area contributed by atoms with Gasteiger partial charge in [-0.25, -0.2) is 9.18 Å². The molecular formula is C8H6BrFO4. The number of carbonyl (C=O) groups is 1. The van der Waals surface area contributed by atoms with Crippen molar-refractivity contribution in [3.63, 3.8) is 0 Å². The maximum absolute atomic E-state index is 13.2. The number of hydrogen-bond acceptors (Lipinski definition) is 3. The normalized spacial score (nSPS) is 12.5. The van der Waals surface area contributed by atoms with Gasteiger partial charge in [-0.2, -0.15) is 0 Å². The molecule has 0 fully saturated rings. The predicted octanol–water partition coefficient (Wildman–Crippen LogP) is 1.41. The summed E-state index contributed by atoms with van der Waals surface area (Å²) in [6.45, 7) is 0. The molecule has 1 aromatic rings. The molecular weight excluding hydrogens is 259 g/mol. The Bertz CT molecular complexity index is 380. The molecule has 1 unspecified atom stereocenters. The maximum Gasteiger partial charge on any atom is 0.337 e. The molecule has 3 N–H and O–H groups in total. The zero-order valence-electron chi connectivity index (χ0n) is 6.74. The molecule has 6 heteroatoms. The quantitative estimate of drug-likeness (QED) is 0.755. The number of carboxylic acid groups (broad SMARTS) is 1. The number of aliphatic hydroxyl groups is 1. The van der Waals surface area contributed by atoms with Gasteiger partial charge in [-0.3, -0.25) is 0 Å². The van der Waals surface area contributed by atoms with Crippen molar-refractivity contribution in [3.8, 4) is 5.75 Å². The van der Waals surface area contributed by atoms with E-state index in [9.17, 15) is 9.18 Å². The van der Waals surface area contributed by atoms with Gasteiger partial charge < -0.3 is 15.3 Å². The van der Waals surface area contributed by atoms with Crippen LogP contribution in [0.25, 0.3) is 0 Å². The van der Waals surface area contributed by atoms with Crippen LogP contribution in [0.4, 0.5) is 4.39 Å². The zero-order chi connectivity index (χ0) is 10.9. The molecule has 4 nitrogen and oxygen atoms in total. The molecule has 0 spiro atoms. The van der Waals surface area contributed by atoms with E-state index in [-0.39, 0.29) is 4.47 Å². The lowest BCUT2D eigenvalue weighted by Gasteiger charge is -2.10. The minimum absolute atomic E-state index is 0.0226. The highest BCUT2D eigenvalue weighted by atomic mass is 79.9. The van der Waals surface area contributed by atoms with Gasteiger partial charge in [0.2, 0.25) is 0 Å². The van der Waals surface area contributed by atoms with Crippen molar-refractivity contribution < 1.29 is 24.5 Å². The topological polar surface area (TPSA) is 77.8 Å². The Morgan fingerprint density at radius 3 is 2.57 bits per heavy atom. The van der Waals surface area contributed by atoms with E-state index in [1.807, 2.05) is 0 Å². The third-order valence-electron chi connectivity index (χ3n) is 1.62. The number of aliphatic carboxylic acids is 1. The summed E-state index contributed by atoms with van der Waals surface area (Å²) in [5.74, 6) is -3.21. The van der Waals surface area contributed by atoms with E-state index in [4.69, 9.17) is 15.3 Å². The van der Waals surface area contributed by atoms with Gasteiger partial charge in [0.15, 0.2) is 6.10 Å². The van der Waals surface area contributed by atoms with Gasteiger partial charge in [-0.15, -0.1) is 0 Å². The molecule has 0 amide bonds. The highest BCUT2D eigenvalue weighted by Gasteiger charge is 2.25. The van der Waals surface area contributed by atoms with Crippen LogP contribution in [0.5, 0.6) is 5.75 Å². The molecule has 1 rings (SSSR count). The number of aromatic hydroxyl groups is 1. The van der Waals surface area contributed by atoms with Crippen molar-refractivity contribution >= 4 is 21.9 Å². The second-order valence-corrected chi connectivity index (χ2v) is 3.39. The van der Waals surface area contributed by atoms with Crippen LogP contribution < -0.4 is 0 Å². The highest BCUT2D eigenvalue weighted by Crippen LogP contribution is 2.31. The first-order chi connectivity index (χ1) is 6.45. The Morgan fingerprint density at radius 2 is 2.07 bits per heavy atom. The third-order valence-corrected chi connectivity index (χ3v) is 2.23. The number of rotatable bonds is 2. The lowest BCUT2D eigenvalue weighted by atomic mass is 10.1. The molecule has 0 aliphatic carbocycles. The lowest BCUT2D eigenvalue weighted by molar-refractivity contribution is -0.147. The van der Waals surface area contributed by atoms with Crippen molar-refractivity contribution in [1.82, 2.24) is 0 Å². The molecule has 1 atom stereocenters. The van der Waals surface area contributed by atoms with E-state index < -0.39 is 29.2 Å². The monoisotopic (exact) mass is 264 g/mol. The van der Waals surface area contributed by atoms with Crippen LogP contribution in [-0.4, -0.2) is 21.3 Å². The van der Waals surface area contributed by atoms with Crippen LogP contribution in [0.3, 0.4) is 0 Å². The number of aliphatic hydroxyl groups excluding tert-OH is 1. The fourth-order valence-electron chi connectivity index (χ4n) is 0.940. The Labute approximate surface area is 86.7 Å². The van der Waals surface area contributed by atoms with Crippen LogP contribution in [0, 0.1) is 5.82 Å². The fraction of sp³-hybridized carbons (Fsp3) is 0.125. The first kappa shape index (κ1) is 10.9. The number of carboxylic acids is 1. The first-order valence-corrected chi connectivity index (χ1v) is 4.32. The largest absolute Gasteiger partial charge is 0.507 e. The molecule has 0 aliphatic heterocycles. The van der Waals surface area contributed by atoms with Crippen molar-refractivity contribution in [3.05, 3.63) is 28.0 Å². The van der Waals surface area contributed by atoms with Crippen LogP contribution in [0.1, 0.15) is 11.7 Å². The molecule has 0 saturated carbocycles. The summed E-state index contributed by atoms with van der Waals surface area (Å²) in [4.78, 5) is 10.4. The van der Waals surface area contributed by atoms with E-state index in [0.29, 0.717) is 0 Å². The van der Waals surface area contributed by atoms with Gasteiger partial charge in [0, 0.05) is 0 Å². The SMILES string of the molecule is O=C(O)C(O)c1c(O)ccc(Br)c1F. The molecule has 14 heavy (non-hydrogen) atoms. The van der Waals surface area contributed by atoms with Crippen LogP contribution in [-0.2, 0) is 4.79 Å². The second kappa shape index (κ2) is 3.93. The summed E-state index contributed by atoms with van der Waals surface area (Å²) < 4.78 is 13.2. The summed E-state index contributed by atoms with van der Waals surface area (Å²) in [5, 5.41) is 26.6. The van der Waals surface area contributed by atoms with Gasteiger partial charge in [-0.05, 0) is 28.1 Å². The van der Waals surface area contributed by atoms with Crippen molar-refractivity contribution in [2.45, 2.75) is 6.10 Å². The molecule has 0 bridgehead atoms. The lowest BCUT2D eigenvalue weighted by Crippen LogP contribution is -2.12. The molecule has 0 aliphatic rings. The zero-order valence-corrected chi connectivity index (χ0v) is 8.32. The van der Waals surface area contributed by atoms with Crippen molar-refractivity contribution in [2.24, 2.45) is 0 Å². The van der Waals surface area contributed by atoms with Crippen molar-refractivity contribution in [1.29, 1.82) is 0 Å². The third kappa shape index (κ3) is 1.85. The Hall–Kier alpha value is -1.14. The van der Waals surface area contributed by atoms with Crippen LogP contribution >= 0.6 is 15.9 Å². The summed E-state index contributed by atoms with van der Waals surface area (Å²) in [7, 11) is 0. The summed E-state index contributed by atoms with van der Waals surface area (Å²) in [5.41, 5.74) is -0.646. The number of benzene rings is 1. The average Bonchev–Trinajstić information content (AvgIpc) is 2.12. The number of halogens is 2. The molecule has 0 heterocycles. The first-order valence-electron chi connectivity index (χ1n) is 3.53. The van der Waals surface area contributed by atoms with Gasteiger partial charge >= 0.3 is 5.97 Å². The average molecular weight is 265 g/mol. The van der Waals surface area contributed by atoms with Crippen molar-refractivity contribution in [2.75, 3.05) is 0 Å². The Kier molecular flexibility index (Phi) is 3.07. The molecule has 0 saturated heterocycles. The number of phenolic OH excluding ortho intramolecular Hbond substituents is 1. The summed E-state index contributed by atoms with van der Waals surface area (Å²) >= 11 is 2.81. The summed E-state index contributed by atoms with van der Waals surface area (Å²) in [6.07, 6.45) is -2.08. The minimum atomic E-state index is -2.08. The molecule has 1 aromatic carbocycles. The van der Waals surface area contributed by atoms with E-state index in [1.165, 1.54) is 6.07 Å². The van der Waals surface area contributed by atoms with E-state index in [1.54, 1.807) is 0 Å². The van der Waals surface area contributed by atoms with E-state index in [2.05, 4.69) is 15.9 Å². The van der Waals surface area contributed by atoms with Gasteiger partial charge in [0.25, 0.3) is 0 Å².